The van der Waals surface area contributed by atoms with Crippen LogP contribution in [0.4, 0.5) is 4.39 Å². The van der Waals surface area contributed by atoms with Crippen LogP contribution in [0.15, 0.2) is 53.7 Å². The summed E-state index contributed by atoms with van der Waals surface area (Å²) in [5, 5.41) is 11.9. The third kappa shape index (κ3) is 6.38. The monoisotopic (exact) mass is 442 g/mol. The summed E-state index contributed by atoms with van der Waals surface area (Å²) in [5.74, 6) is 0.115. The summed E-state index contributed by atoms with van der Waals surface area (Å²) in [6.07, 6.45) is 0.939. The maximum absolute atomic E-state index is 14.4. The Balaban J connectivity index is 1.74. The lowest BCUT2D eigenvalue weighted by molar-refractivity contribution is -0.118. The molecule has 1 amide bonds. The Morgan fingerprint density at radius 3 is 2.61 bits per heavy atom. The maximum atomic E-state index is 14.4. The van der Waals surface area contributed by atoms with Crippen molar-refractivity contribution >= 4 is 17.7 Å². The van der Waals surface area contributed by atoms with E-state index in [0.29, 0.717) is 29.7 Å². The van der Waals surface area contributed by atoms with Crippen LogP contribution in [0.5, 0.6) is 0 Å². The standard InChI is InChI=1S/C23H27FN4O2S/c1-16(2)30-14-6-13-25-21(29)15-31-23-27-26-22(19-7-4-5-8-20(19)24)28(23)18-11-9-17(3)10-12-18/h4-5,7-12,16H,6,13-15H2,1-3H3,(H,25,29). The minimum atomic E-state index is -0.374. The number of aromatic nitrogens is 3. The summed E-state index contributed by atoms with van der Waals surface area (Å²) in [4.78, 5) is 12.2. The van der Waals surface area contributed by atoms with Crippen LogP contribution in [0.2, 0.25) is 0 Å². The Morgan fingerprint density at radius 2 is 1.90 bits per heavy atom. The first-order chi connectivity index (χ1) is 15.0. The average molecular weight is 443 g/mol. The van der Waals surface area contributed by atoms with Crippen molar-refractivity contribution < 1.29 is 13.9 Å². The van der Waals surface area contributed by atoms with Gasteiger partial charge in [-0.05, 0) is 51.5 Å². The van der Waals surface area contributed by atoms with Crippen LogP contribution in [0, 0.1) is 12.7 Å². The minimum Gasteiger partial charge on any atom is -0.379 e. The van der Waals surface area contributed by atoms with Gasteiger partial charge in [-0.3, -0.25) is 9.36 Å². The van der Waals surface area contributed by atoms with Crippen LogP contribution in [0.25, 0.3) is 17.1 Å². The van der Waals surface area contributed by atoms with Crippen molar-refractivity contribution in [2.75, 3.05) is 18.9 Å². The van der Waals surface area contributed by atoms with Crippen LogP contribution < -0.4 is 5.32 Å². The molecule has 0 atom stereocenters. The Hall–Kier alpha value is -2.71. The van der Waals surface area contributed by atoms with Gasteiger partial charge < -0.3 is 10.1 Å². The number of ether oxygens (including phenoxy) is 1. The highest BCUT2D eigenvalue weighted by Crippen LogP contribution is 2.29. The zero-order chi connectivity index (χ0) is 22.2. The molecule has 0 aliphatic rings. The Bertz CT molecular complexity index is 1010. The topological polar surface area (TPSA) is 69.0 Å². The van der Waals surface area contributed by atoms with E-state index in [2.05, 4.69) is 15.5 Å². The second-order valence-electron chi connectivity index (χ2n) is 7.37. The zero-order valence-electron chi connectivity index (χ0n) is 18.0. The summed E-state index contributed by atoms with van der Waals surface area (Å²) in [5.41, 5.74) is 2.28. The first-order valence-electron chi connectivity index (χ1n) is 10.2. The van der Waals surface area contributed by atoms with Crippen molar-refractivity contribution in [2.45, 2.75) is 38.5 Å². The van der Waals surface area contributed by atoms with Gasteiger partial charge in [0.25, 0.3) is 0 Å². The van der Waals surface area contributed by atoms with Gasteiger partial charge in [0.2, 0.25) is 5.91 Å². The number of aryl methyl sites for hydroxylation is 1. The number of rotatable bonds is 10. The van der Waals surface area contributed by atoms with Crippen LogP contribution in [-0.4, -0.2) is 45.7 Å². The van der Waals surface area contributed by atoms with Gasteiger partial charge in [0, 0.05) is 18.8 Å². The molecule has 0 aliphatic carbocycles. The first-order valence-corrected chi connectivity index (χ1v) is 11.2. The molecule has 0 bridgehead atoms. The highest BCUT2D eigenvalue weighted by molar-refractivity contribution is 7.99. The Labute approximate surface area is 186 Å². The minimum absolute atomic E-state index is 0.0968. The summed E-state index contributed by atoms with van der Waals surface area (Å²) in [7, 11) is 0. The fraction of sp³-hybridized carbons (Fsp3) is 0.348. The summed E-state index contributed by atoms with van der Waals surface area (Å²) in [6, 6.07) is 14.3. The van der Waals surface area contributed by atoms with Crippen molar-refractivity contribution in [2.24, 2.45) is 0 Å². The van der Waals surface area contributed by atoms with Crippen molar-refractivity contribution in [3.63, 3.8) is 0 Å². The van der Waals surface area contributed by atoms with Gasteiger partial charge >= 0.3 is 0 Å². The van der Waals surface area contributed by atoms with E-state index in [0.717, 1.165) is 17.7 Å². The fourth-order valence-corrected chi connectivity index (χ4v) is 3.69. The molecule has 0 spiro atoms. The number of amides is 1. The molecule has 3 aromatic rings. The van der Waals surface area contributed by atoms with Gasteiger partial charge in [0.15, 0.2) is 11.0 Å². The number of halogens is 1. The molecule has 164 valence electrons. The van der Waals surface area contributed by atoms with E-state index in [4.69, 9.17) is 4.74 Å². The first kappa shape index (κ1) is 23.0. The number of thioether (sulfide) groups is 1. The van der Waals surface area contributed by atoms with Crippen LogP contribution in [0.3, 0.4) is 0 Å². The predicted octanol–water partition coefficient (Wildman–Crippen LogP) is 4.41. The smallest absolute Gasteiger partial charge is 0.230 e. The number of hydrogen-bond donors (Lipinski definition) is 1. The molecule has 1 N–H and O–H groups in total. The normalized spacial score (nSPS) is 11.1. The largest absolute Gasteiger partial charge is 0.379 e. The molecule has 3 rings (SSSR count). The third-order valence-electron chi connectivity index (χ3n) is 4.47. The lowest BCUT2D eigenvalue weighted by atomic mass is 10.2. The molecule has 31 heavy (non-hydrogen) atoms. The molecule has 8 heteroatoms. The molecule has 1 heterocycles. The van der Waals surface area contributed by atoms with Crippen LogP contribution in [0.1, 0.15) is 25.8 Å². The molecule has 0 unspecified atom stereocenters. The fourth-order valence-electron chi connectivity index (χ4n) is 2.91. The van der Waals surface area contributed by atoms with Crippen LogP contribution >= 0.6 is 11.8 Å². The van der Waals surface area contributed by atoms with Crippen molar-refractivity contribution in [1.82, 2.24) is 20.1 Å². The molecule has 0 radical (unpaired) electrons. The number of nitrogens with one attached hydrogen (secondary N) is 1. The molecule has 6 nitrogen and oxygen atoms in total. The van der Waals surface area contributed by atoms with E-state index >= 15 is 0 Å². The van der Waals surface area contributed by atoms with E-state index < -0.39 is 0 Å². The highest BCUT2D eigenvalue weighted by Gasteiger charge is 2.19. The quantitative estimate of drug-likeness (QED) is 0.372. The SMILES string of the molecule is Cc1ccc(-n2c(SCC(=O)NCCCOC(C)C)nnc2-c2ccccc2F)cc1. The number of carbonyl (C=O) groups is 1. The number of nitrogens with zero attached hydrogens (tertiary/aromatic N) is 3. The van der Waals surface area contributed by atoms with Crippen molar-refractivity contribution in [3.05, 3.63) is 59.9 Å². The van der Waals surface area contributed by atoms with Gasteiger partial charge in [-0.1, -0.05) is 41.6 Å². The zero-order valence-corrected chi connectivity index (χ0v) is 18.8. The summed E-state index contributed by atoms with van der Waals surface area (Å²) >= 11 is 1.27. The lowest BCUT2D eigenvalue weighted by Gasteiger charge is -2.11. The molecular formula is C23H27FN4O2S. The van der Waals surface area contributed by atoms with E-state index in [1.807, 2.05) is 45.0 Å². The van der Waals surface area contributed by atoms with Gasteiger partial charge in [0.1, 0.15) is 5.82 Å². The van der Waals surface area contributed by atoms with Crippen molar-refractivity contribution in [1.29, 1.82) is 0 Å². The maximum Gasteiger partial charge on any atom is 0.230 e. The highest BCUT2D eigenvalue weighted by atomic mass is 32.2. The van der Waals surface area contributed by atoms with Gasteiger partial charge in [-0.2, -0.15) is 0 Å². The predicted molar refractivity (Wildman–Crippen MR) is 121 cm³/mol. The lowest BCUT2D eigenvalue weighted by Crippen LogP contribution is -2.27. The van der Waals surface area contributed by atoms with E-state index in [1.165, 1.54) is 17.8 Å². The molecule has 0 fully saturated rings. The molecule has 1 aromatic heterocycles. The molecular weight excluding hydrogens is 415 g/mol. The number of carbonyl (C=O) groups excluding carboxylic acids is 1. The van der Waals surface area contributed by atoms with Gasteiger partial charge in [0.05, 0.1) is 17.4 Å². The summed E-state index contributed by atoms with van der Waals surface area (Å²) in [6.45, 7) is 7.12. The molecule has 0 saturated heterocycles. The van der Waals surface area contributed by atoms with E-state index in [-0.39, 0.29) is 23.6 Å². The summed E-state index contributed by atoms with van der Waals surface area (Å²) < 4.78 is 21.7. The van der Waals surface area contributed by atoms with Crippen LogP contribution in [-0.2, 0) is 9.53 Å². The Kier molecular flexibility index (Phi) is 8.20. The van der Waals surface area contributed by atoms with E-state index in [1.54, 1.807) is 22.8 Å². The molecule has 0 saturated carbocycles. The van der Waals surface area contributed by atoms with Gasteiger partial charge in [-0.15, -0.1) is 10.2 Å². The second-order valence-corrected chi connectivity index (χ2v) is 8.31. The molecule has 0 aliphatic heterocycles. The van der Waals surface area contributed by atoms with Crippen molar-refractivity contribution in [3.8, 4) is 17.1 Å². The number of benzene rings is 2. The molecule has 2 aromatic carbocycles. The number of hydrogen-bond acceptors (Lipinski definition) is 5. The van der Waals surface area contributed by atoms with E-state index in [9.17, 15) is 9.18 Å². The second kappa shape index (κ2) is 11.1. The van der Waals surface area contributed by atoms with Gasteiger partial charge in [-0.25, -0.2) is 4.39 Å². The Morgan fingerprint density at radius 1 is 1.16 bits per heavy atom. The average Bonchev–Trinajstić information content (AvgIpc) is 3.16. The third-order valence-corrected chi connectivity index (χ3v) is 5.40.